The Hall–Kier alpha value is -1.47. The van der Waals surface area contributed by atoms with Gasteiger partial charge in [0.15, 0.2) is 0 Å². The molecule has 3 saturated heterocycles. The summed E-state index contributed by atoms with van der Waals surface area (Å²) in [4.78, 5) is 16.8. The van der Waals surface area contributed by atoms with Gasteiger partial charge in [0.25, 0.3) is 0 Å². The van der Waals surface area contributed by atoms with Crippen molar-refractivity contribution in [3.63, 3.8) is 0 Å². The quantitative estimate of drug-likeness (QED) is 0.694. The molecular weight excluding hydrogens is 392 g/mol. The van der Waals surface area contributed by atoms with Crippen LogP contribution in [-0.4, -0.2) is 80.0 Å². The second-order valence-electron chi connectivity index (χ2n) is 9.62. The van der Waals surface area contributed by atoms with Crippen LogP contribution in [0, 0.1) is 0 Å². The second-order valence-corrected chi connectivity index (χ2v) is 9.62. The van der Waals surface area contributed by atoms with Crippen LogP contribution in [0.1, 0.15) is 56.6 Å². The third-order valence-corrected chi connectivity index (χ3v) is 7.07. The number of benzene rings is 1. The number of ether oxygens (including phenoxy) is 3. The fraction of sp³-hybridized carbons (Fsp3) is 0.720. The molecule has 1 aromatic rings. The van der Waals surface area contributed by atoms with Crippen molar-refractivity contribution in [3.05, 3.63) is 35.4 Å². The van der Waals surface area contributed by atoms with Crippen molar-refractivity contribution in [3.8, 4) is 0 Å². The van der Waals surface area contributed by atoms with Gasteiger partial charge in [-0.05, 0) is 36.3 Å². The molecule has 3 heterocycles. The first-order valence-electron chi connectivity index (χ1n) is 12.0. The van der Waals surface area contributed by atoms with Gasteiger partial charge in [-0.3, -0.25) is 9.69 Å². The summed E-state index contributed by atoms with van der Waals surface area (Å²) in [7, 11) is 0. The summed E-state index contributed by atoms with van der Waals surface area (Å²) in [6.07, 6.45) is 3.97. The maximum Gasteiger partial charge on any atom is 0.248 e. The van der Waals surface area contributed by atoms with E-state index in [0.29, 0.717) is 32.2 Å². The third kappa shape index (κ3) is 6.07. The Morgan fingerprint density at radius 1 is 1.10 bits per heavy atom. The van der Waals surface area contributed by atoms with Crippen molar-refractivity contribution >= 4 is 5.91 Å². The molecular formula is C25H38N2O4. The Kier molecular flexibility index (Phi) is 7.64. The molecule has 1 spiro atoms. The lowest BCUT2D eigenvalue weighted by Crippen LogP contribution is -2.51. The van der Waals surface area contributed by atoms with Gasteiger partial charge in [-0.25, -0.2) is 0 Å². The van der Waals surface area contributed by atoms with Crippen molar-refractivity contribution < 1.29 is 19.0 Å². The molecule has 3 aliphatic heterocycles. The van der Waals surface area contributed by atoms with Crippen molar-refractivity contribution in [2.24, 2.45) is 0 Å². The first kappa shape index (κ1) is 22.7. The predicted octanol–water partition coefficient (Wildman–Crippen LogP) is 3.20. The Morgan fingerprint density at radius 3 is 2.48 bits per heavy atom. The molecule has 1 unspecified atom stereocenters. The fourth-order valence-electron chi connectivity index (χ4n) is 4.95. The minimum absolute atomic E-state index is 0.0804. The van der Waals surface area contributed by atoms with Gasteiger partial charge in [-0.15, -0.1) is 0 Å². The van der Waals surface area contributed by atoms with E-state index in [1.807, 2.05) is 4.90 Å². The highest BCUT2D eigenvalue weighted by molar-refractivity contribution is 5.77. The highest BCUT2D eigenvalue weighted by atomic mass is 16.5. The molecule has 0 aliphatic carbocycles. The predicted molar refractivity (Wildman–Crippen MR) is 120 cm³/mol. The smallest absolute Gasteiger partial charge is 0.248 e. The largest absolute Gasteiger partial charge is 0.378 e. The highest BCUT2D eigenvalue weighted by Crippen LogP contribution is 2.36. The van der Waals surface area contributed by atoms with Gasteiger partial charge >= 0.3 is 0 Å². The van der Waals surface area contributed by atoms with Gasteiger partial charge in [-0.1, -0.05) is 38.1 Å². The normalized spacial score (nSPS) is 24.6. The lowest BCUT2D eigenvalue weighted by Gasteiger charge is -2.46. The molecule has 0 saturated carbocycles. The van der Waals surface area contributed by atoms with Crippen LogP contribution >= 0.6 is 0 Å². The van der Waals surface area contributed by atoms with E-state index in [4.69, 9.17) is 14.2 Å². The molecule has 4 rings (SSSR count). The van der Waals surface area contributed by atoms with E-state index in [-0.39, 0.29) is 24.2 Å². The topological polar surface area (TPSA) is 51.2 Å². The molecule has 0 bridgehead atoms. The van der Waals surface area contributed by atoms with Crippen LogP contribution < -0.4 is 0 Å². The van der Waals surface area contributed by atoms with Crippen molar-refractivity contribution in [1.29, 1.82) is 0 Å². The molecule has 0 radical (unpaired) electrons. The van der Waals surface area contributed by atoms with Crippen LogP contribution in [0.4, 0.5) is 0 Å². The number of carbonyl (C=O) groups is 1. The van der Waals surface area contributed by atoms with Gasteiger partial charge in [0.2, 0.25) is 5.91 Å². The zero-order valence-electron chi connectivity index (χ0n) is 19.2. The van der Waals surface area contributed by atoms with Crippen LogP contribution in [0.5, 0.6) is 0 Å². The molecule has 6 heteroatoms. The summed E-state index contributed by atoms with van der Waals surface area (Å²) in [5.41, 5.74) is 2.70. The number of rotatable bonds is 6. The Bertz CT molecular complexity index is 707. The molecule has 31 heavy (non-hydrogen) atoms. The fourth-order valence-corrected chi connectivity index (χ4v) is 4.95. The summed E-state index contributed by atoms with van der Waals surface area (Å²) in [6, 6.07) is 9.06. The van der Waals surface area contributed by atoms with E-state index in [1.165, 1.54) is 11.1 Å². The molecule has 1 amide bonds. The van der Waals surface area contributed by atoms with E-state index in [2.05, 4.69) is 43.0 Å². The molecule has 6 nitrogen and oxygen atoms in total. The first-order valence-corrected chi connectivity index (χ1v) is 12.0. The van der Waals surface area contributed by atoms with Crippen LogP contribution in [0.2, 0.25) is 0 Å². The number of morpholine rings is 1. The number of piperidine rings is 1. The Morgan fingerprint density at radius 2 is 1.81 bits per heavy atom. The maximum atomic E-state index is 12.4. The molecule has 3 aliphatic rings. The first-order chi connectivity index (χ1) is 15.0. The van der Waals surface area contributed by atoms with E-state index in [1.54, 1.807) is 0 Å². The van der Waals surface area contributed by atoms with E-state index in [0.717, 1.165) is 51.9 Å². The van der Waals surface area contributed by atoms with Gasteiger partial charge in [0.1, 0.15) is 6.61 Å². The summed E-state index contributed by atoms with van der Waals surface area (Å²) in [5, 5.41) is 0. The number of hydrogen-bond donors (Lipinski definition) is 0. The number of amides is 1. The van der Waals surface area contributed by atoms with Gasteiger partial charge in [-0.2, -0.15) is 0 Å². The molecule has 0 N–H and O–H groups in total. The average Bonchev–Trinajstić information content (AvgIpc) is 2.80. The lowest BCUT2D eigenvalue weighted by molar-refractivity contribution is -0.165. The van der Waals surface area contributed by atoms with Crippen LogP contribution in [0.25, 0.3) is 0 Å². The minimum Gasteiger partial charge on any atom is -0.378 e. The molecule has 0 aromatic heterocycles. The highest BCUT2D eigenvalue weighted by Gasteiger charge is 2.40. The monoisotopic (exact) mass is 430 g/mol. The van der Waals surface area contributed by atoms with Crippen LogP contribution in [0.3, 0.4) is 0 Å². The molecule has 1 aromatic carbocycles. The van der Waals surface area contributed by atoms with Crippen LogP contribution in [-0.2, 0) is 25.5 Å². The summed E-state index contributed by atoms with van der Waals surface area (Å²) < 4.78 is 17.7. The van der Waals surface area contributed by atoms with Crippen molar-refractivity contribution in [2.75, 3.05) is 52.6 Å². The summed E-state index contributed by atoms with van der Waals surface area (Å²) >= 11 is 0. The second kappa shape index (κ2) is 10.4. The summed E-state index contributed by atoms with van der Waals surface area (Å²) in [5.74, 6) is 0.661. The number of hydrogen-bond acceptors (Lipinski definition) is 5. The Balaban J connectivity index is 1.22. The van der Waals surface area contributed by atoms with E-state index in [9.17, 15) is 4.79 Å². The number of nitrogens with zero attached hydrogens (tertiary/aromatic N) is 2. The maximum absolute atomic E-state index is 12.4. The minimum atomic E-state index is -0.0804. The standard InChI is InChI=1S/C25H38N2O4/c1-20(2)22-5-3-21(4-6-22)18-26-10-8-25(9-11-26)17-23(7-14-31-25)30-19-24(28)27-12-15-29-16-13-27/h3-6,20,23H,7-19H2,1-2H3. The average molecular weight is 431 g/mol. The van der Waals surface area contributed by atoms with Gasteiger partial charge in [0.05, 0.1) is 24.9 Å². The molecule has 1 atom stereocenters. The lowest BCUT2D eigenvalue weighted by atomic mass is 9.83. The Labute approximate surface area is 186 Å². The SMILES string of the molecule is CC(C)c1ccc(CN2CCC3(CC2)CC(OCC(=O)N2CCOCC2)CCO3)cc1. The molecule has 3 fully saturated rings. The third-order valence-electron chi connectivity index (χ3n) is 7.07. The zero-order valence-corrected chi connectivity index (χ0v) is 19.2. The van der Waals surface area contributed by atoms with E-state index < -0.39 is 0 Å². The van der Waals surface area contributed by atoms with Gasteiger partial charge < -0.3 is 19.1 Å². The molecule has 172 valence electrons. The summed E-state index contributed by atoms with van der Waals surface area (Å²) in [6.45, 7) is 11.1. The van der Waals surface area contributed by atoms with Crippen molar-refractivity contribution in [2.45, 2.75) is 63.7 Å². The van der Waals surface area contributed by atoms with Crippen molar-refractivity contribution in [1.82, 2.24) is 9.80 Å². The van der Waals surface area contributed by atoms with E-state index >= 15 is 0 Å². The van der Waals surface area contributed by atoms with Crippen LogP contribution in [0.15, 0.2) is 24.3 Å². The number of carbonyl (C=O) groups excluding carboxylic acids is 1. The zero-order chi connectivity index (χ0) is 21.7. The number of likely N-dealkylation sites (tertiary alicyclic amines) is 1. The van der Waals surface area contributed by atoms with Gasteiger partial charge in [0, 0.05) is 45.8 Å².